The van der Waals surface area contributed by atoms with Gasteiger partial charge in [0.25, 0.3) is 0 Å². The standard InChI is InChI=1S/C13H7N3O/c1-2-8-4-11-9(5-10(8)15-3-1)13-12(17-11)6-14-7-16-13/h1-7H. The van der Waals surface area contributed by atoms with Crippen molar-refractivity contribution in [3.63, 3.8) is 0 Å². The second kappa shape index (κ2) is 3.01. The zero-order valence-corrected chi connectivity index (χ0v) is 8.79. The molecule has 0 spiro atoms. The number of aromatic nitrogens is 3. The normalized spacial score (nSPS) is 11.5. The lowest BCUT2D eigenvalue weighted by atomic mass is 10.1. The molecule has 0 fully saturated rings. The number of nitrogens with zero attached hydrogens (tertiary/aromatic N) is 3. The quantitative estimate of drug-likeness (QED) is 0.458. The van der Waals surface area contributed by atoms with Gasteiger partial charge in [-0.15, -0.1) is 0 Å². The second-order valence-electron chi connectivity index (χ2n) is 3.88. The summed E-state index contributed by atoms with van der Waals surface area (Å²) in [5, 5.41) is 2.04. The fraction of sp³-hybridized carbons (Fsp3) is 0. The minimum Gasteiger partial charge on any atom is -0.453 e. The van der Waals surface area contributed by atoms with Gasteiger partial charge in [-0.25, -0.2) is 9.97 Å². The predicted octanol–water partition coefficient (Wildman–Crippen LogP) is 2.92. The van der Waals surface area contributed by atoms with Crippen molar-refractivity contribution in [3.05, 3.63) is 43.0 Å². The van der Waals surface area contributed by atoms with Gasteiger partial charge in [0.05, 0.1) is 11.7 Å². The Hall–Kier alpha value is -2.49. The van der Waals surface area contributed by atoms with Crippen molar-refractivity contribution >= 4 is 33.0 Å². The lowest BCUT2D eigenvalue weighted by molar-refractivity contribution is 0.666. The largest absolute Gasteiger partial charge is 0.453 e. The zero-order chi connectivity index (χ0) is 11.2. The fourth-order valence-corrected chi connectivity index (χ4v) is 2.08. The number of benzene rings is 1. The molecule has 4 nitrogen and oxygen atoms in total. The van der Waals surface area contributed by atoms with Crippen LogP contribution in [0.2, 0.25) is 0 Å². The number of rotatable bonds is 0. The minimum absolute atomic E-state index is 0.706. The molecule has 0 radical (unpaired) electrons. The van der Waals surface area contributed by atoms with Crippen molar-refractivity contribution in [1.29, 1.82) is 0 Å². The molecule has 80 valence electrons. The maximum atomic E-state index is 5.71. The summed E-state index contributed by atoms with van der Waals surface area (Å²) in [6, 6.07) is 7.92. The third-order valence-electron chi connectivity index (χ3n) is 2.86. The van der Waals surface area contributed by atoms with Crippen molar-refractivity contribution < 1.29 is 4.42 Å². The summed E-state index contributed by atoms with van der Waals surface area (Å²) < 4.78 is 5.71. The highest BCUT2D eigenvalue weighted by Gasteiger charge is 2.09. The molecule has 4 heteroatoms. The fourth-order valence-electron chi connectivity index (χ4n) is 2.08. The number of fused-ring (bicyclic) bond motifs is 4. The van der Waals surface area contributed by atoms with Crippen LogP contribution in [0, 0.1) is 0 Å². The molecule has 17 heavy (non-hydrogen) atoms. The molecule has 0 aliphatic carbocycles. The van der Waals surface area contributed by atoms with Crippen LogP contribution in [-0.4, -0.2) is 15.0 Å². The van der Waals surface area contributed by atoms with Gasteiger partial charge in [0.15, 0.2) is 5.58 Å². The Bertz CT molecular complexity index is 845. The van der Waals surface area contributed by atoms with Crippen molar-refractivity contribution in [2.45, 2.75) is 0 Å². The molecule has 4 rings (SSSR count). The lowest BCUT2D eigenvalue weighted by Crippen LogP contribution is -1.78. The van der Waals surface area contributed by atoms with E-state index in [1.165, 1.54) is 6.33 Å². The molecule has 0 atom stereocenters. The molecule has 3 heterocycles. The van der Waals surface area contributed by atoms with E-state index in [0.717, 1.165) is 27.4 Å². The second-order valence-corrected chi connectivity index (χ2v) is 3.88. The monoisotopic (exact) mass is 221 g/mol. The first-order valence-electron chi connectivity index (χ1n) is 5.29. The van der Waals surface area contributed by atoms with Gasteiger partial charge in [0, 0.05) is 17.0 Å². The zero-order valence-electron chi connectivity index (χ0n) is 8.79. The molecule has 0 unspecified atom stereocenters. The first-order chi connectivity index (χ1) is 8.42. The van der Waals surface area contributed by atoms with Crippen LogP contribution >= 0.6 is 0 Å². The van der Waals surface area contributed by atoms with Gasteiger partial charge in [0.1, 0.15) is 17.4 Å². The van der Waals surface area contributed by atoms with Gasteiger partial charge in [0.2, 0.25) is 0 Å². The van der Waals surface area contributed by atoms with E-state index in [1.807, 2.05) is 24.3 Å². The predicted molar refractivity (Wildman–Crippen MR) is 64.6 cm³/mol. The van der Waals surface area contributed by atoms with Gasteiger partial charge < -0.3 is 4.42 Å². The summed E-state index contributed by atoms with van der Waals surface area (Å²) in [5.41, 5.74) is 3.31. The molecule has 1 aromatic carbocycles. The number of pyridine rings is 1. The topological polar surface area (TPSA) is 51.8 Å². The molecule has 4 aromatic rings. The van der Waals surface area contributed by atoms with Crippen LogP contribution in [0.3, 0.4) is 0 Å². The molecule has 0 saturated carbocycles. The molecule has 0 aliphatic heterocycles. The van der Waals surface area contributed by atoms with E-state index in [0.29, 0.717) is 5.58 Å². The van der Waals surface area contributed by atoms with Crippen molar-refractivity contribution in [2.24, 2.45) is 0 Å². The van der Waals surface area contributed by atoms with Crippen molar-refractivity contribution in [3.8, 4) is 0 Å². The molecule has 0 amide bonds. The Morgan fingerprint density at radius 2 is 2.06 bits per heavy atom. The Balaban J connectivity index is 2.28. The molecule has 0 saturated heterocycles. The van der Waals surface area contributed by atoms with E-state index in [2.05, 4.69) is 15.0 Å². The summed E-state index contributed by atoms with van der Waals surface area (Å²) in [4.78, 5) is 12.5. The molecule has 0 aliphatic rings. The summed E-state index contributed by atoms with van der Waals surface area (Å²) in [6.07, 6.45) is 4.99. The molecule has 0 bridgehead atoms. The van der Waals surface area contributed by atoms with E-state index in [-0.39, 0.29) is 0 Å². The van der Waals surface area contributed by atoms with Crippen LogP contribution in [-0.2, 0) is 0 Å². The molecular weight excluding hydrogens is 214 g/mol. The highest BCUT2D eigenvalue weighted by atomic mass is 16.3. The van der Waals surface area contributed by atoms with Crippen LogP contribution in [0.25, 0.3) is 33.0 Å². The maximum Gasteiger partial charge on any atom is 0.172 e. The number of hydrogen-bond acceptors (Lipinski definition) is 4. The van der Waals surface area contributed by atoms with Gasteiger partial charge in [-0.1, -0.05) is 6.07 Å². The molecule has 3 aromatic heterocycles. The highest BCUT2D eigenvalue weighted by molar-refractivity contribution is 6.07. The SMILES string of the molecule is c1cnc2cc3c(cc2c1)oc1cncnc13. The summed E-state index contributed by atoms with van der Waals surface area (Å²) >= 11 is 0. The van der Waals surface area contributed by atoms with Crippen LogP contribution in [0.5, 0.6) is 0 Å². The van der Waals surface area contributed by atoms with Gasteiger partial charge in [-0.3, -0.25) is 4.98 Å². The third-order valence-corrected chi connectivity index (χ3v) is 2.86. The van der Waals surface area contributed by atoms with E-state index in [9.17, 15) is 0 Å². The van der Waals surface area contributed by atoms with E-state index < -0.39 is 0 Å². The van der Waals surface area contributed by atoms with Gasteiger partial charge in [-0.2, -0.15) is 0 Å². The average molecular weight is 221 g/mol. The van der Waals surface area contributed by atoms with E-state index in [1.54, 1.807) is 12.4 Å². The average Bonchev–Trinajstić information content (AvgIpc) is 2.73. The Morgan fingerprint density at radius 1 is 1.06 bits per heavy atom. The number of hydrogen-bond donors (Lipinski definition) is 0. The van der Waals surface area contributed by atoms with Crippen LogP contribution in [0.15, 0.2) is 47.4 Å². The molecular formula is C13H7N3O. The summed E-state index contributed by atoms with van der Waals surface area (Å²) in [7, 11) is 0. The summed E-state index contributed by atoms with van der Waals surface area (Å²) in [6.45, 7) is 0. The van der Waals surface area contributed by atoms with Crippen LogP contribution in [0.1, 0.15) is 0 Å². The highest BCUT2D eigenvalue weighted by Crippen LogP contribution is 2.29. The first kappa shape index (κ1) is 8.64. The van der Waals surface area contributed by atoms with Crippen molar-refractivity contribution in [2.75, 3.05) is 0 Å². The van der Waals surface area contributed by atoms with Crippen molar-refractivity contribution in [1.82, 2.24) is 15.0 Å². The van der Waals surface area contributed by atoms with Gasteiger partial charge in [-0.05, 0) is 18.2 Å². The summed E-state index contributed by atoms with van der Waals surface area (Å²) in [5.74, 6) is 0. The van der Waals surface area contributed by atoms with E-state index >= 15 is 0 Å². The van der Waals surface area contributed by atoms with Gasteiger partial charge >= 0.3 is 0 Å². The maximum absolute atomic E-state index is 5.71. The third kappa shape index (κ3) is 1.15. The number of furan rings is 1. The Labute approximate surface area is 95.9 Å². The minimum atomic E-state index is 0.706. The Kier molecular flexibility index (Phi) is 1.53. The first-order valence-corrected chi connectivity index (χ1v) is 5.29. The Morgan fingerprint density at radius 3 is 3.06 bits per heavy atom. The van der Waals surface area contributed by atoms with E-state index in [4.69, 9.17) is 4.42 Å². The lowest BCUT2D eigenvalue weighted by Gasteiger charge is -1.95. The smallest absolute Gasteiger partial charge is 0.172 e. The van der Waals surface area contributed by atoms with Crippen LogP contribution < -0.4 is 0 Å². The van der Waals surface area contributed by atoms with Crippen LogP contribution in [0.4, 0.5) is 0 Å². The molecule has 0 N–H and O–H groups in total.